The average Bonchev–Trinajstić information content (AvgIpc) is 3.14. The molecule has 0 radical (unpaired) electrons. The zero-order chi connectivity index (χ0) is 14.7. The van der Waals surface area contributed by atoms with Crippen LogP contribution in [0.2, 0.25) is 0 Å². The lowest BCUT2D eigenvalue weighted by Gasteiger charge is -1.94. The first-order chi connectivity index (χ1) is 10.2. The molecule has 2 heterocycles. The van der Waals surface area contributed by atoms with Crippen molar-refractivity contribution in [3.8, 4) is 11.5 Å². The van der Waals surface area contributed by atoms with Gasteiger partial charge in [-0.25, -0.2) is 9.37 Å². The first kappa shape index (κ1) is 14.6. The predicted octanol–water partition coefficient (Wildman–Crippen LogP) is 4.35. The molecule has 0 aliphatic rings. The van der Waals surface area contributed by atoms with Crippen LogP contribution in [0.5, 0.6) is 0 Å². The van der Waals surface area contributed by atoms with E-state index in [-0.39, 0.29) is 5.82 Å². The minimum atomic E-state index is -0.305. The minimum Gasteiger partial charge on any atom is -0.444 e. The average molecular weight is 339 g/mol. The van der Waals surface area contributed by atoms with E-state index in [4.69, 9.17) is 4.42 Å². The second-order valence-electron chi connectivity index (χ2n) is 3.98. The van der Waals surface area contributed by atoms with Crippen molar-refractivity contribution in [2.24, 2.45) is 0 Å². The van der Waals surface area contributed by atoms with Crippen molar-refractivity contribution in [3.05, 3.63) is 42.0 Å². The van der Waals surface area contributed by atoms with Gasteiger partial charge in [-0.1, -0.05) is 40.9 Å². The molecule has 21 heavy (non-hydrogen) atoms. The first-order valence-corrected chi connectivity index (χ1v) is 8.98. The second kappa shape index (κ2) is 6.59. The van der Waals surface area contributed by atoms with Gasteiger partial charge in [0.2, 0.25) is 5.89 Å². The highest BCUT2D eigenvalue weighted by molar-refractivity contribution is 8.02. The van der Waals surface area contributed by atoms with Crippen molar-refractivity contribution < 1.29 is 8.81 Å². The molecule has 0 spiro atoms. The lowest BCUT2D eigenvalue weighted by atomic mass is 10.2. The van der Waals surface area contributed by atoms with Gasteiger partial charge >= 0.3 is 0 Å². The number of halogens is 1. The van der Waals surface area contributed by atoms with Crippen LogP contribution in [0.25, 0.3) is 11.5 Å². The van der Waals surface area contributed by atoms with E-state index >= 15 is 0 Å². The molecule has 0 bridgehead atoms. The van der Waals surface area contributed by atoms with Crippen LogP contribution in [-0.2, 0) is 5.75 Å². The monoisotopic (exact) mass is 339 g/mol. The Bertz CT molecular complexity index is 744. The highest BCUT2D eigenvalue weighted by Crippen LogP contribution is 2.30. The summed E-state index contributed by atoms with van der Waals surface area (Å²) in [7, 11) is 0. The van der Waals surface area contributed by atoms with E-state index in [0.29, 0.717) is 17.2 Å². The Morgan fingerprint density at radius 1 is 1.29 bits per heavy atom. The number of hydrogen-bond donors (Lipinski definition) is 0. The second-order valence-corrected chi connectivity index (χ2v) is 7.23. The number of aromatic nitrogens is 3. The van der Waals surface area contributed by atoms with Crippen LogP contribution in [0, 0.1) is 5.82 Å². The van der Waals surface area contributed by atoms with Gasteiger partial charge in [0.05, 0.1) is 5.69 Å². The van der Waals surface area contributed by atoms with Crippen LogP contribution >= 0.6 is 34.9 Å². The number of oxazole rings is 1. The molecule has 8 heteroatoms. The molecule has 0 amide bonds. The van der Waals surface area contributed by atoms with E-state index < -0.39 is 0 Å². The largest absolute Gasteiger partial charge is 0.444 e. The number of benzene rings is 1. The van der Waals surface area contributed by atoms with Gasteiger partial charge in [-0.05, 0) is 24.5 Å². The van der Waals surface area contributed by atoms with Gasteiger partial charge in [0.15, 0.2) is 8.68 Å². The lowest BCUT2D eigenvalue weighted by molar-refractivity contribution is 0.571. The molecule has 3 aromatic rings. The smallest absolute Gasteiger partial charge is 0.226 e. The molecule has 0 saturated carbocycles. The van der Waals surface area contributed by atoms with Crippen molar-refractivity contribution in [2.45, 2.75) is 14.4 Å². The lowest BCUT2D eigenvalue weighted by Crippen LogP contribution is -1.83. The van der Waals surface area contributed by atoms with Crippen molar-refractivity contribution in [3.63, 3.8) is 0 Å². The SMILES string of the molecule is CSc1nnc(SCc2coc(-c3cccc(F)c3)n2)s1. The van der Waals surface area contributed by atoms with Gasteiger partial charge in [-0.15, -0.1) is 10.2 Å². The summed E-state index contributed by atoms with van der Waals surface area (Å²) in [5.41, 5.74) is 1.42. The van der Waals surface area contributed by atoms with Crippen LogP contribution in [0.3, 0.4) is 0 Å². The van der Waals surface area contributed by atoms with Crippen molar-refractivity contribution >= 4 is 34.9 Å². The Labute approximate surface area is 133 Å². The molecule has 0 N–H and O–H groups in total. The highest BCUT2D eigenvalue weighted by atomic mass is 32.2. The molecule has 1 aromatic carbocycles. The molecule has 0 fully saturated rings. The third-order valence-corrected chi connectivity index (χ3v) is 5.60. The summed E-state index contributed by atoms with van der Waals surface area (Å²) in [6.07, 6.45) is 3.56. The van der Waals surface area contributed by atoms with Gasteiger partial charge in [0.25, 0.3) is 0 Å². The Balaban J connectivity index is 1.67. The van der Waals surface area contributed by atoms with Gasteiger partial charge in [0.1, 0.15) is 12.1 Å². The third kappa shape index (κ3) is 3.63. The standard InChI is InChI=1S/C13H10FN3OS3/c1-19-12-16-17-13(21-12)20-7-10-6-18-11(15-10)8-3-2-4-9(14)5-8/h2-6H,7H2,1H3. The molecule has 0 aliphatic carbocycles. The van der Waals surface area contributed by atoms with E-state index in [2.05, 4.69) is 15.2 Å². The maximum atomic E-state index is 13.2. The Morgan fingerprint density at radius 2 is 2.14 bits per heavy atom. The molecular weight excluding hydrogens is 329 g/mol. The molecule has 4 nitrogen and oxygen atoms in total. The van der Waals surface area contributed by atoms with Crippen LogP contribution in [0.1, 0.15) is 5.69 Å². The van der Waals surface area contributed by atoms with Gasteiger partial charge in [-0.2, -0.15) is 0 Å². The van der Waals surface area contributed by atoms with Crippen molar-refractivity contribution in [2.75, 3.05) is 6.26 Å². The van der Waals surface area contributed by atoms with Crippen LogP contribution in [-0.4, -0.2) is 21.4 Å². The zero-order valence-electron chi connectivity index (χ0n) is 10.9. The highest BCUT2D eigenvalue weighted by Gasteiger charge is 2.09. The summed E-state index contributed by atoms with van der Waals surface area (Å²) < 4.78 is 20.4. The summed E-state index contributed by atoms with van der Waals surface area (Å²) in [5, 5.41) is 8.12. The quantitative estimate of drug-likeness (QED) is 0.644. The summed E-state index contributed by atoms with van der Waals surface area (Å²) in [5.74, 6) is 0.759. The number of nitrogens with zero attached hydrogens (tertiary/aromatic N) is 3. The summed E-state index contributed by atoms with van der Waals surface area (Å²) >= 11 is 4.69. The summed E-state index contributed by atoms with van der Waals surface area (Å²) in [6, 6.07) is 6.19. The van der Waals surface area contributed by atoms with E-state index in [0.717, 1.165) is 14.4 Å². The van der Waals surface area contributed by atoms with Crippen LogP contribution < -0.4 is 0 Å². The molecular formula is C13H10FN3OS3. The minimum absolute atomic E-state index is 0.305. The fourth-order valence-corrected chi connectivity index (χ4v) is 3.92. The number of rotatable bonds is 5. The fraction of sp³-hybridized carbons (Fsp3) is 0.154. The molecule has 0 aliphatic heterocycles. The predicted molar refractivity (Wildman–Crippen MR) is 83.1 cm³/mol. The summed E-state index contributed by atoms with van der Waals surface area (Å²) in [6.45, 7) is 0. The van der Waals surface area contributed by atoms with Crippen LogP contribution in [0.4, 0.5) is 4.39 Å². The molecule has 0 atom stereocenters. The molecule has 108 valence electrons. The Morgan fingerprint density at radius 3 is 2.90 bits per heavy atom. The first-order valence-electron chi connectivity index (χ1n) is 5.95. The molecule has 0 saturated heterocycles. The Hall–Kier alpha value is -1.38. The Kier molecular flexibility index (Phi) is 4.57. The maximum Gasteiger partial charge on any atom is 0.226 e. The molecule has 2 aromatic heterocycles. The molecule has 3 rings (SSSR count). The van der Waals surface area contributed by atoms with E-state index in [9.17, 15) is 4.39 Å². The molecule has 0 unspecified atom stereocenters. The van der Waals surface area contributed by atoms with E-state index in [1.54, 1.807) is 53.3 Å². The number of hydrogen-bond acceptors (Lipinski definition) is 7. The van der Waals surface area contributed by atoms with Crippen molar-refractivity contribution in [1.82, 2.24) is 15.2 Å². The van der Waals surface area contributed by atoms with E-state index in [1.807, 2.05) is 6.26 Å². The van der Waals surface area contributed by atoms with Gasteiger partial charge in [0, 0.05) is 11.3 Å². The number of thioether (sulfide) groups is 2. The maximum absolute atomic E-state index is 13.2. The van der Waals surface area contributed by atoms with Gasteiger partial charge < -0.3 is 4.42 Å². The summed E-state index contributed by atoms with van der Waals surface area (Å²) in [4.78, 5) is 4.36. The van der Waals surface area contributed by atoms with Crippen LogP contribution in [0.15, 0.2) is 43.6 Å². The van der Waals surface area contributed by atoms with Crippen molar-refractivity contribution in [1.29, 1.82) is 0 Å². The fourth-order valence-electron chi connectivity index (χ4n) is 1.60. The van der Waals surface area contributed by atoms with Gasteiger partial charge in [-0.3, -0.25) is 0 Å². The van der Waals surface area contributed by atoms with E-state index in [1.165, 1.54) is 12.1 Å². The third-order valence-electron chi connectivity index (χ3n) is 2.53. The normalized spacial score (nSPS) is 11.0. The topological polar surface area (TPSA) is 51.8 Å². The zero-order valence-corrected chi connectivity index (χ0v) is 13.4.